The maximum Gasteiger partial charge on any atom is 0.0300 e. The molecule has 1 heterocycles. The molecule has 1 aromatic heterocycles. The highest BCUT2D eigenvalue weighted by molar-refractivity contribution is 5.18. The van der Waals surface area contributed by atoms with Gasteiger partial charge in [0.2, 0.25) is 0 Å². The molecular formula is C19H33N. The zero-order valence-corrected chi connectivity index (χ0v) is 13.7. The average Bonchev–Trinajstić information content (AvgIpc) is 2.47. The third kappa shape index (κ3) is 8.35. The van der Waals surface area contributed by atoms with Crippen molar-refractivity contribution in [1.29, 1.82) is 0 Å². The third-order valence-electron chi connectivity index (χ3n) is 3.99. The molecule has 0 atom stereocenters. The minimum Gasteiger partial charge on any atom is -0.264 e. The van der Waals surface area contributed by atoms with E-state index in [0.717, 1.165) is 0 Å². The molecule has 0 saturated carbocycles. The number of hydrogen-bond acceptors (Lipinski definition) is 1. The van der Waals surface area contributed by atoms with Gasteiger partial charge < -0.3 is 0 Å². The van der Waals surface area contributed by atoms with Crippen LogP contribution in [0.3, 0.4) is 0 Å². The van der Waals surface area contributed by atoms with Gasteiger partial charge in [-0.25, -0.2) is 0 Å². The summed E-state index contributed by atoms with van der Waals surface area (Å²) in [6.45, 7) is 4.54. The lowest BCUT2D eigenvalue weighted by atomic mass is 10.0. The first-order valence-corrected chi connectivity index (χ1v) is 8.79. The zero-order chi connectivity index (χ0) is 14.5. The van der Waals surface area contributed by atoms with E-state index in [9.17, 15) is 0 Å². The molecule has 0 aliphatic carbocycles. The smallest absolute Gasteiger partial charge is 0.0300 e. The van der Waals surface area contributed by atoms with Gasteiger partial charge in [0, 0.05) is 12.4 Å². The van der Waals surface area contributed by atoms with Gasteiger partial charge in [0.05, 0.1) is 0 Å². The first-order valence-electron chi connectivity index (χ1n) is 8.79. The Balaban J connectivity index is 2.19. The number of rotatable bonds is 12. The van der Waals surface area contributed by atoms with Crippen LogP contribution in [-0.2, 0) is 12.8 Å². The molecule has 0 amide bonds. The number of pyridine rings is 1. The Bertz CT molecular complexity index is 303. The van der Waals surface area contributed by atoms with Crippen LogP contribution in [0.1, 0.15) is 89.2 Å². The summed E-state index contributed by atoms with van der Waals surface area (Å²) < 4.78 is 0. The van der Waals surface area contributed by atoms with E-state index in [1.807, 2.05) is 0 Å². The van der Waals surface area contributed by atoms with Crippen LogP contribution in [0, 0.1) is 0 Å². The van der Waals surface area contributed by atoms with Gasteiger partial charge in [-0.05, 0) is 36.8 Å². The number of nitrogens with zero attached hydrogens (tertiary/aromatic N) is 1. The highest BCUT2D eigenvalue weighted by Gasteiger charge is 1.98. The Labute approximate surface area is 126 Å². The van der Waals surface area contributed by atoms with E-state index < -0.39 is 0 Å². The van der Waals surface area contributed by atoms with Crippen LogP contribution in [-0.4, -0.2) is 4.98 Å². The highest BCUT2D eigenvalue weighted by atomic mass is 14.6. The van der Waals surface area contributed by atoms with Gasteiger partial charge in [-0.3, -0.25) is 4.98 Å². The van der Waals surface area contributed by atoms with Crippen molar-refractivity contribution in [1.82, 2.24) is 4.98 Å². The number of aromatic nitrogens is 1. The van der Waals surface area contributed by atoms with Gasteiger partial charge in [-0.15, -0.1) is 0 Å². The van der Waals surface area contributed by atoms with Crippen LogP contribution < -0.4 is 0 Å². The number of unbranched alkanes of at least 4 members (excludes halogenated alkanes) is 8. The second-order valence-electron chi connectivity index (χ2n) is 6.03. The average molecular weight is 275 g/mol. The Morgan fingerprint density at radius 1 is 0.650 bits per heavy atom. The van der Waals surface area contributed by atoms with Crippen LogP contribution in [0.4, 0.5) is 0 Å². The summed E-state index contributed by atoms with van der Waals surface area (Å²) in [5, 5.41) is 0. The topological polar surface area (TPSA) is 12.9 Å². The Morgan fingerprint density at radius 3 is 1.55 bits per heavy atom. The fourth-order valence-corrected chi connectivity index (χ4v) is 2.68. The Kier molecular flexibility index (Phi) is 10.3. The normalized spacial score (nSPS) is 10.9. The molecular weight excluding hydrogens is 242 g/mol. The number of aryl methyl sites for hydroxylation is 2. The highest BCUT2D eigenvalue weighted by Crippen LogP contribution is 2.12. The predicted molar refractivity (Wildman–Crippen MR) is 89.2 cm³/mol. The molecule has 20 heavy (non-hydrogen) atoms. The van der Waals surface area contributed by atoms with Gasteiger partial charge in [0.1, 0.15) is 0 Å². The first-order chi connectivity index (χ1) is 9.86. The molecule has 0 N–H and O–H groups in total. The third-order valence-corrected chi connectivity index (χ3v) is 3.99. The summed E-state index contributed by atoms with van der Waals surface area (Å²) in [5.41, 5.74) is 2.88. The van der Waals surface area contributed by atoms with E-state index in [1.165, 1.54) is 88.2 Å². The Morgan fingerprint density at radius 2 is 1.10 bits per heavy atom. The molecule has 1 heteroatoms. The van der Waals surface area contributed by atoms with Gasteiger partial charge in [0.15, 0.2) is 0 Å². The number of hydrogen-bond donors (Lipinski definition) is 0. The first kappa shape index (κ1) is 17.2. The lowest BCUT2D eigenvalue weighted by molar-refractivity contribution is 0.627. The fourth-order valence-electron chi connectivity index (χ4n) is 2.68. The molecule has 0 aliphatic rings. The van der Waals surface area contributed by atoms with Crippen LogP contribution in [0.2, 0.25) is 0 Å². The monoisotopic (exact) mass is 275 g/mol. The molecule has 0 unspecified atom stereocenters. The Hall–Kier alpha value is -0.850. The van der Waals surface area contributed by atoms with E-state index in [1.54, 1.807) is 0 Å². The largest absolute Gasteiger partial charge is 0.264 e. The van der Waals surface area contributed by atoms with Crippen molar-refractivity contribution in [2.45, 2.75) is 90.9 Å². The molecule has 0 saturated heterocycles. The SMILES string of the molecule is CCCCCCCc1cncc(CCCCCCC)c1. The van der Waals surface area contributed by atoms with Crippen molar-refractivity contribution in [3.63, 3.8) is 0 Å². The van der Waals surface area contributed by atoms with E-state index in [-0.39, 0.29) is 0 Å². The second kappa shape index (κ2) is 11.9. The van der Waals surface area contributed by atoms with Crippen LogP contribution >= 0.6 is 0 Å². The summed E-state index contributed by atoms with van der Waals surface area (Å²) in [6, 6.07) is 2.38. The van der Waals surface area contributed by atoms with E-state index in [2.05, 4.69) is 37.3 Å². The van der Waals surface area contributed by atoms with Crippen molar-refractivity contribution >= 4 is 0 Å². The molecule has 0 radical (unpaired) electrons. The molecule has 0 aliphatic heterocycles. The lowest BCUT2D eigenvalue weighted by Crippen LogP contribution is -1.93. The second-order valence-corrected chi connectivity index (χ2v) is 6.03. The van der Waals surface area contributed by atoms with Gasteiger partial charge >= 0.3 is 0 Å². The quantitative estimate of drug-likeness (QED) is 0.419. The molecule has 0 aromatic carbocycles. The summed E-state index contributed by atoms with van der Waals surface area (Å²) in [5.74, 6) is 0. The van der Waals surface area contributed by atoms with Crippen molar-refractivity contribution < 1.29 is 0 Å². The standard InChI is InChI=1S/C19H33N/c1-3-5-7-9-11-13-18-15-19(17-20-16-18)14-12-10-8-6-4-2/h15-17H,3-14H2,1-2H3. The molecule has 0 fully saturated rings. The van der Waals surface area contributed by atoms with Gasteiger partial charge in [-0.2, -0.15) is 0 Å². The lowest BCUT2D eigenvalue weighted by Gasteiger charge is -2.05. The zero-order valence-electron chi connectivity index (χ0n) is 13.7. The van der Waals surface area contributed by atoms with Crippen molar-refractivity contribution in [2.24, 2.45) is 0 Å². The van der Waals surface area contributed by atoms with Crippen molar-refractivity contribution in [3.8, 4) is 0 Å². The van der Waals surface area contributed by atoms with Crippen LogP contribution in [0.5, 0.6) is 0 Å². The maximum absolute atomic E-state index is 4.41. The van der Waals surface area contributed by atoms with E-state index >= 15 is 0 Å². The van der Waals surface area contributed by atoms with Gasteiger partial charge in [-0.1, -0.05) is 71.3 Å². The minimum atomic E-state index is 1.21. The van der Waals surface area contributed by atoms with Gasteiger partial charge in [0.25, 0.3) is 0 Å². The molecule has 0 bridgehead atoms. The van der Waals surface area contributed by atoms with Crippen molar-refractivity contribution in [3.05, 3.63) is 29.6 Å². The minimum absolute atomic E-state index is 1.21. The van der Waals surface area contributed by atoms with E-state index in [0.29, 0.717) is 0 Å². The molecule has 0 spiro atoms. The van der Waals surface area contributed by atoms with E-state index in [4.69, 9.17) is 0 Å². The summed E-state index contributed by atoms with van der Waals surface area (Å²) in [4.78, 5) is 4.41. The molecule has 114 valence electrons. The van der Waals surface area contributed by atoms with Crippen molar-refractivity contribution in [2.75, 3.05) is 0 Å². The molecule has 1 rings (SSSR count). The summed E-state index contributed by atoms with van der Waals surface area (Å²) in [6.07, 6.45) is 20.1. The molecule has 1 aromatic rings. The maximum atomic E-state index is 4.41. The molecule has 1 nitrogen and oxygen atoms in total. The fraction of sp³-hybridized carbons (Fsp3) is 0.737. The van der Waals surface area contributed by atoms with Crippen LogP contribution in [0.25, 0.3) is 0 Å². The van der Waals surface area contributed by atoms with Crippen LogP contribution in [0.15, 0.2) is 18.5 Å². The predicted octanol–water partition coefficient (Wildman–Crippen LogP) is 6.11. The summed E-state index contributed by atoms with van der Waals surface area (Å²) >= 11 is 0. The summed E-state index contributed by atoms with van der Waals surface area (Å²) in [7, 11) is 0.